The summed E-state index contributed by atoms with van der Waals surface area (Å²) in [5.74, 6) is 1.88. The molecule has 0 atom stereocenters. The van der Waals surface area contributed by atoms with E-state index in [1.165, 1.54) is 5.56 Å². The van der Waals surface area contributed by atoms with Crippen molar-refractivity contribution >= 4 is 33.2 Å². The van der Waals surface area contributed by atoms with Crippen molar-refractivity contribution < 1.29 is 4.42 Å². The van der Waals surface area contributed by atoms with Crippen LogP contribution in [0.15, 0.2) is 180 Å². The third kappa shape index (κ3) is 5.78. The molecular formula is C47H29N5O. The molecular weight excluding hydrogens is 651 g/mol. The van der Waals surface area contributed by atoms with Crippen LogP contribution in [0, 0.1) is 0 Å². The Labute approximate surface area is 305 Å². The summed E-state index contributed by atoms with van der Waals surface area (Å²) in [4.78, 5) is 24.4. The van der Waals surface area contributed by atoms with Gasteiger partial charge in [-0.05, 0) is 63.7 Å². The fourth-order valence-electron chi connectivity index (χ4n) is 6.80. The zero-order valence-corrected chi connectivity index (χ0v) is 28.4. The van der Waals surface area contributed by atoms with Crippen LogP contribution < -0.4 is 0 Å². The molecule has 53 heavy (non-hydrogen) atoms. The minimum absolute atomic E-state index is 0.549. The molecule has 3 aromatic heterocycles. The van der Waals surface area contributed by atoms with E-state index in [2.05, 4.69) is 115 Å². The van der Waals surface area contributed by atoms with E-state index < -0.39 is 0 Å². The van der Waals surface area contributed by atoms with Gasteiger partial charge in [0.2, 0.25) is 5.71 Å². The predicted molar refractivity (Wildman–Crippen MR) is 213 cm³/mol. The van der Waals surface area contributed by atoms with E-state index in [1.807, 2.05) is 60.7 Å². The van der Waals surface area contributed by atoms with E-state index in [4.69, 9.17) is 29.3 Å². The molecule has 0 aliphatic rings. The Bertz CT molecular complexity index is 2920. The molecule has 10 rings (SSSR count). The van der Waals surface area contributed by atoms with Gasteiger partial charge in [0.15, 0.2) is 17.5 Å². The van der Waals surface area contributed by atoms with Crippen molar-refractivity contribution in [2.45, 2.75) is 0 Å². The molecule has 0 saturated carbocycles. The van der Waals surface area contributed by atoms with Gasteiger partial charge in [-0.3, -0.25) is 0 Å². The summed E-state index contributed by atoms with van der Waals surface area (Å²) in [5, 5.41) is 0.955. The number of rotatable bonds is 6. The number of benzene rings is 7. The van der Waals surface area contributed by atoms with Gasteiger partial charge < -0.3 is 4.42 Å². The van der Waals surface area contributed by atoms with E-state index in [0.717, 1.165) is 72.0 Å². The Morgan fingerprint density at radius 1 is 0.302 bits per heavy atom. The Hall–Kier alpha value is -7.31. The summed E-state index contributed by atoms with van der Waals surface area (Å²) in [6.07, 6.45) is 0. The Morgan fingerprint density at radius 3 is 1.40 bits per heavy atom. The second kappa shape index (κ2) is 12.8. The molecule has 0 bridgehead atoms. The number of furan rings is 1. The zero-order chi connectivity index (χ0) is 35.1. The van der Waals surface area contributed by atoms with Crippen LogP contribution in [0.4, 0.5) is 0 Å². The van der Waals surface area contributed by atoms with Crippen LogP contribution in [0.25, 0.3) is 101 Å². The van der Waals surface area contributed by atoms with E-state index in [1.54, 1.807) is 0 Å². The second-order valence-electron chi connectivity index (χ2n) is 13.0. The van der Waals surface area contributed by atoms with Gasteiger partial charge in [0, 0.05) is 22.1 Å². The first-order valence-electron chi connectivity index (χ1n) is 17.5. The lowest BCUT2D eigenvalue weighted by molar-refractivity contribution is 0.655. The van der Waals surface area contributed by atoms with Crippen LogP contribution >= 0.6 is 0 Å². The third-order valence-electron chi connectivity index (χ3n) is 9.57. The van der Waals surface area contributed by atoms with Crippen molar-refractivity contribution in [2.75, 3.05) is 0 Å². The normalized spacial score (nSPS) is 11.4. The molecule has 0 spiro atoms. The summed E-state index contributed by atoms with van der Waals surface area (Å²) in [6, 6.07) is 59.9. The fraction of sp³-hybridized carbons (Fsp3) is 0. The number of nitrogens with zero attached hydrogens (tertiary/aromatic N) is 5. The molecule has 10 aromatic rings. The lowest BCUT2D eigenvalue weighted by Gasteiger charge is -2.10. The Balaban J connectivity index is 0.977. The molecule has 0 aliphatic heterocycles. The van der Waals surface area contributed by atoms with Gasteiger partial charge in [0.1, 0.15) is 11.1 Å². The highest BCUT2D eigenvalue weighted by molar-refractivity contribution is 6.04. The van der Waals surface area contributed by atoms with Gasteiger partial charge >= 0.3 is 0 Å². The highest BCUT2D eigenvalue weighted by Gasteiger charge is 2.15. The molecule has 0 saturated heterocycles. The van der Waals surface area contributed by atoms with Crippen LogP contribution in [-0.2, 0) is 0 Å². The van der Waals surface area contributed by atoms with Crippen LogP contribution in [0.5, 0.6) is 0 Å². The maximum absolute atomic E-state index is 6.18. The smallest absolute Gasteiger partial charge is 0.246 e. The highest BCUT2D eigenvalue weighted by Crippen LogP contribution is 2.34. The van der Waals surface area contributed by atoms with Crippen molar-refractivity contribution in [2.24, 2.45) is 0 Å². The van der Waals surface area contributed by atoms with Crippen LogP contribution in [0.1, 0.15) is 0 Å². The van der Waals surface area contributed by atoms with Crippen molar-refractivity contribution in [1.29, 1.82) is 0 Å². The maximum atomic E-state index is 6.18. The van der Waals surface area contributed by atoms with E-state index in [-0.39, 0.29) is 0 Å². The molecule has 0 aliphatic carbocycles. The monoisotopic (exact) mass is 679 g/mol. The highest BCUT2D eigenvalue weighted by atomic mass is 16.3. The number of aromatic nitrogens is 5. The van der Waals surface area contributed by atoms with Gasteiger partial charge in [-0.2, -0.15) is 0 Å². The standard InChI is InChI=1S/C47H29N5O/c1-3-10-30(11-4-1)31-22-24-35(25-23-31)45-50-44(34-12-5-2-6-13-34)51-46(52-45)38-15-9-14-36(28-38)32-18-20-33(21-19-32)37-26-27-39-42(29-37)53-47-43(39)48-40-16-7-8-17-41(40)49-47/h1-29H. The molecule has 7 aromatic carbocycles. The summed E-state index contributed by atoms with van der Waals surface area (Å²) in [7, 11) is 0. The Morgan fingerprint density at radius 2 is 0.736 bits per heavy atom. The molecule has 6 heteroatoms. The van der Waals surface area contributed by atoms with Crippen molar-refractivity contribution in [3.8, 4) is 67.5 Å². The quantitative estimate of drug-likeness (QED) is 0.174. The minimum Gasteiger partial charge on any atom is -0.436 e. The lowest BCUT2D eigenvalue weighted by Crippen LogP contribution is -2.00. The van der Waals surface area contributed by atoms with Gasteiger partial charge in [0.25, 0.3) is 0 Å². The maximum Gasteiger partial charge on any atom is 0.246 e. The number of hydrogen-bond acceptors (Lipinski definition) is 6. The van der Waals surface area contributed by atoms with Gasteiger partial charge in [0.05, 0.1) is 11.0 Å². The topological polar surface area (TPSA) is 77.6 Å². The molecule has 248 valence electrons. The molecule has 0 unspecified atom stereocenters. The lowest BCUT2D eigenvalue weighted by atomic mass is 9.98. The fourth-order valence-corrected chi connectivity index (χ4v) is 6.80. The molecule has 0 radical (unpaired) electrons. The van der Waals surface area contributed by atoms with Crippen LogP contribution in [0.2, 0.25) is 0 Å². The third-order valence-corrected chi connectivity index (χ3v) is 9.57. The first kappa shape index (κ1) is 30.5. The van der Waals surface area contributed by atoms with Crippen molar-refractivity contribution in [3.05, 3.63) is 176 Å². The van der Waals surface area contributed by atoms with E-state index in [9.17, 15) is 0 Å². The van der Waals surface area contributed by atoms with E-state index >= 15 is 0 Å². The molecule has 0 amide bonds. The van der Waals surface area contributed by atoms with Gasteiger partial charge in [-0.1, -0.05) is 146 Å². The number of para-hydroxylation sites is 2. The summed E-state index contributed by atoms with van der Waals surface area (Å²) < 4.78 is 6.18. The Kier molecular flexibility index (Phi) is 7.36. The molecule has 6 nitrogen and oxygen atoms in total. The van der Waals surface area contributed by atoms with Crippen molar-refractivity contribution in [1.82, 2.24) is 24.9 Å². The van der Waals surface area contributed by atoms with Crippen LogP contribution in [-0.4, -0.2) is 24.9 Å². The first-order chi connectivity index (χ1) is 26.2. The summed E-state index contributed by atoms with van der Waals surface area (Å²) >= 11 is 0. The number of hydrogen-bond donors (Lipinski definition) is 0. The molecule has 0 N–H and O–H groups in total. The van der Waals surface area contributed by atoms with Crippen LogP contribution in [0.3, 0.4) is 0 Å². The molecule has 0 fully saturated rings. The number of fused-ring (bicyclic) bond motifs is 4. The van der Waals surface area contributed by atoms with E-state index in [0.29, 0.717) is 23.2 Å². The summed E-state index contributed by atoms with van der Waals surface area (Å²) in [5.41, 5.74) is 13.2. The average Bonchev–Trinajstić information content (AvgIpc) is 3.60. The largest absolute Gasteiger partial charge is 0.436 e. The average molecular weight is 680 g/mol. The van der Waals surface area contributed by atoms with Gasteiger partial charge in [-0.25, -0.2) is 24.9 Å². The predicted octanol–water partition coefficient (Wildman–Crippen LogP) is 11.7. The molecule has 3 heterocycles. The SMILES string of the molecule is c1ccc(-c2ccc(-c3nc(-c4ccccc4)nc(-c4cccc(-c5ccc(-c6ccc7c(c6)oc6nc8ccccc8nc67)cc5)c4)n3)cc2)cc1. The zero-order valence-electron chi connectivity index (χ0n) is 28.4. The summed E-state index contributed by atoms with van der Waals surface area (Å²) in [6.45, 7) is 0. The van der Waals surface area contributed by atoms with Crippen molar-refractivity contribution in [3.63, 3.8) is 0 Å². The second-order valence-corrected chi connectivity index (χ2v) is 13.0. The minimum atomic E-state index is 0.549. The van der Waals surface area contributed by atoms with Gasteiger partial charge in [-0.15, -0.1) is 0 Å². The first-order valence-corrected chi connectivity index (χ1v) is 17.5.